The highest BCUT2D eigenvalue weighted by molar-refractivity contribution is 9.10. The number of hydrogen-bond donors (Lipinski definition) is 0. The van der Waals surface area contributed by atoms with E-state index in [1.165, 1.54) is 0 Å². The fourth-order valence-corrected chi connectivity index (χ4v) is 2.60. The Bertz CT molecular complexity index is 662. The zero-order chi connectivity index (χ0) is 14.2. The third-order valence-corrected chi connectivity index (χ3v) is 4.08. The molecule has 0 bridgehead atoms. The first kappa shape index (κ1) is 14.3. The molecule has 0 aliphatic carbocycles. The summed E-state index contributed by atoms with van der Waals surface area (Å²) in [5.41, 5.74) is 4.35. The molecule has 0 amide bonds. The molecule has 1 nitrogen and oxygen atoms in total. The Balaban J connectivity index is 2.56. The van der Waals surface area contributed by atoms with Gasteiger partial charge in [0.2, 0.25) is 0 Å². The van der Waals surface area contributed by atoms with Crippen molar-refractivity contribution in [1.82, 2.24) is 0 Å². The standard InChI is InChI=1S/C16H14BrClO/c1-9-4-5-12(17)8-13(9)16(19)14-6-10(2)11(3)7-15(14)18/h4-8H,1-3H3. The Kier molecular flexibility index (Phi) is 4.12. The molecule has 0 spiro atoms. The predicted molar refractivity (Wildman–Crippen MR) is 83.2 cm³/mol. The first-order chi connectivity index (χ1) is 8.90. The molecule has 0 unspecified atom stereocenters. The van der Waals surface area contributed by atoms with Crippen molar-refractivity contribution < 1.29 is 4.79 Å². The van der Waals surface area contributed by atoms with Gasteiger partial charge in [-0.25, -0.2) is 0 Å². The van der Waals surface area contributed by atoms with Gasteiger partial charge in [0.15, 0.2) is 5.78 Å². The van der Waals surface area contributed by atoms with Crippen molar-refractivity contribution in [3.63, 3.8) is 0 Å². The fraction of sp³-hybridized carbons (Fsp3) is 0.188. The number of ketones is 1. The van der Waals surface area contributed by atoms with Gasteiger partial charge in [-0.05, 0) is 61.7 Å². The summed E-state index contributed by atoms with van der Waals surface area (Å²) in [6, 6.07) is 9.39. The van der Waals surface area contributed by atoms with Crippen LogP contribution in [-0.4, -0.2) is 5.78 Å². The molecule has 0 saturated carbocycles. The van der Waals surface area contributed by atoms with Crippen molar-refractivity contribution >= 4 is 33.3 Å². The van der Waals surface area contributed by atoms with E-state index in [-0.39, 0.29) is 5.78 Å². The van der Waals surface area contributed by atoms with Crippen molar-refractivity contribution in [3.05, 3.63) is 67.6 Å². The van der Waals surface area contributed by atoms with Gasteiger partial charge in [-0.15, -0.1) is 0 Å². The molecule has 0 saturated heterocycles. The predicted octanol–water partition coefficient (Wildman–Crippen LogP) is 5.26. The Morgan fingerprint density at radius 3 is 2.26 bits per heavy atom. The Labute approximate surface area is 126 Å². The molecule has 3 heteroatoms. The number of rotatable bonds is 2. The van der Waals surface area contributed by atoms with Crippen molar-refractivity contribution in [2.45, 2.75) is 20.8 Å². The maximum atomic E-state index is 12.6. The molecule has 0 atom stereocenters. The second-order valence-electron chi connectivity index (χ2n) is 4.70. The highest BCUT2D eigenvalue weighted by Gasteiger charge is 2.16. The topological polar surface area (TPSA) is 17.1 Å². The Hall–Kier alpha value is -1.12. The molecule has 0 aliphatic rings. The minimum Gasteiger partial charge on any atom is -0.289 e. The van der Waals surface area contributed by atoms with Crippen LogP contribution >= 0.6 is 27.5 Å². The van der Waals surface area contributed by atoms with Crippen molar-refractivity contribution in [3.8, 4) is 0 Å². The molecule has 2 rings (SSSR count). The van der Waals surface area contributed by atoms with E-state index < -0.39 is 0 Å². The quantitative estimate of drug-likeness (QED) is 0.683. The van der Waals surface area contributed by atoms with Crippen LogP contribution in [0.2, 0.25) is 5.02 Å². The lowest BCUT2D eigenvalue weighted by atomic mass is 9.96. The fourth-order valence-electron chi connectivity index (χ4n) is 1.94. The van der Waals surface area contributed by atoms with Gasteiger partial charge in [-0.2, -0.15) is 0 Å². The zero-order valence-electron chi connectivity index (χ0n) is 11.1. The average molecular weight is 338 g/mol. The number of carbonyl (C=O) groups excluding carboxylic acids is 1. The summed E-state index contributed by atoms with van der Waals surface area (Å²) in [7, 11) is 0. The SMILES string of the molecule is Cc1cc(Cl)c(C(=O)c2cc(Br)ccc2C)cc1C. The Morgan fingerprint density at radius 2 is 1.58 bits per heavy atom. The monoisotopic (exact) mass is 336 g/mol. The van der Waals surface area contributed by atoms with Crippen LogP contribution in [0.5, 0.6) is 0 Å². The lowest BCUT2D eigenvalue weighted by Gasteiger charge is -2.10. The third-order valence-electron chi connectivity index (χ3n) is 3.27. The van der Waals surface area contributed by atoms with Gasteiger partial charge < -0.3 is 0 Å². The number of halogens is 2. The lowest BCUT2D eigenvalue weighted by Crippen LogP contribution is -2.05. The summed E-state index contributed by atoms with van der Waals surface area (Å²) < 4.78 is 0.890. The number of aryl methyl sites for hydroxylation is 3. The van der Waals surface area contributed by atoms with Crippen LogP contribution < -0.4 is 0 Å². The van der Waals surface area contributed by atoms with Crippen LogP contribution in [0.25, 0.3) is 0 Å². The van der Waals surface area contributed by atoms with Crippen LogP contribution in [0.1, 0.15) is 32.6 Å². The van der Waals surface area contributed by atoms with Crippen LogP contribution in [0.4, 0.5) is 0 Å². The Morgan fingerprint density at radius 1 is 0.947 bits per heavy atom. The summed E-state index contributed by atoms with van der Waals surface area (Å²) in [6.07, 6.45) is 0. The van der Waals surface area contributed by atoms with Gasteiger partial charge in [0.05, 0.1) is 5.02 Å². The lowest BCUT2D eigenvalue weighted by molar-refractivity contribution is 0.103. The molecule has 19 heavy (non-hydrogen) atoms. The number of hydrogen-bond acceptors (Lipinski definition) is 1. The smallest absolute Gasteiger partial charge is 0.194 e. The van der Waals surface area contributed by atoms with E-state index in [1.807, 2.05) is 51.1 Å². The third kappa shape index (κ3) is 2.90. The van der Waals surface area contributed by atoms with E-state index in [0.717, 1.165) is 21.2 Å². The molecule has 0 fully saturated rings. The van der Waals surface area contributed by atoms with Gasteiger partial charge >= 0.3 is 0 Å². The van der Waals surface area contributed by atoms with E-state index >= 15 is 0 Å². The van der Waals surface area contributed by atoms with Gasteiger partial charge in [-0.1, -0.05) is 33.6 Å². The van der Waals surface area contributed by atoms with Crippen LogP contribution in [-0.2, 0) is 0 Å². The normalized spacial score (nSPS) is 10.6. The molecule has 0 aliphatic heterocycles. The van der Waals surface area contributed by atoms with Crippen LogP contribution in [0, 0.1) is 20.8 Å². The van der Waals surface area contributed by atoms with Gasteiger partial charge in [0.1, 0.15) is 0 Å². The van der Waals surface area contributed by atoms with Crippen LogP contribution in [0.15, 0.2) is 34.8 Å². The summed E-state index contributed by atoms with van der Waals surface area (Å²) in [5, 5.41) is 0.507. The van der Waals surface area contributed by atoms with E-state index in [0.29, 0.717) is 16.1 Å². The summed E-state index contributed by atoms with van der Waals surface area (Å²) in [6.45, 7) is 5.89. The van der Waals surface area contributed by atoms with E-state index in [1.54, 1.807) is 0 Å². The molecule has 98 valence electrons. The first-order valence-corrected chi connectivity index (χ1v) is 7.15. The van der Waals surface area contributed by atoms with Crippen molar-refractivity contribution in [1.29, 1.82) is 0 Å². The summed E-state index contributed by atoms with van der Waals surface area (Å²) in [4.78, 5) is 12.6. The molecular formula is C16H14BrClO. The van der Waals surface area contributed by atoms with E-state index in [2.05, 4.69) is 15.9 Å². The maximum absolute atomic E-state index is 12.6. The van der Waals surface area contributed by atoms with Crippen molar-refractivity contribution in [2.24, 2.45) is 0 Å². The number of benzene rings is 2. The first-order valence-electron chi connectivity index (χ1n) is 5.97. The molecule has 2 aromatic rings. The van der Waals surface area contributed by atoms with Crippen molar-refractivity contribution in [2.75, 3.05) is 0 Å². The molecular weight excluding hydrogens is 324 g/mol. The van der Waals surface area contributed by atoms with Gasteiger partial charge in [0.25, 0.3) is 0 Å². The molecule has 0 radical (unpaired) electrons. The molecule has 0 N–H and O–H groups in total. The largest absolute Gasteiger partial charge is 0.289 e. The van der Waals surface area contributed by atoms with Crippen LogP contribution in [0.3, 0.4) is 0 Å². The summed E-state index contributed by atoms with van der Waals surface area (Å²) in [5.74, 6) is -0.0353. The minimum atomic E-state index is -0.0353. The van der Waals surface area contributed by atoms with E-state index in [4.69, 9.17) is 11.6 Å². The molecule has 0 heterocycles. The molecule has 2 aromatic carbocycles. The second kappa shape index (κ2) is 5.48. The maximum Gasteiger partial charge on any atom is 0.194 e. The zero-order valence-corrected chi connectivity index (χ0v) is 13.4. The minimum absolute atomic E-state index is 0.0353. The average Bonchev–Trinajstić information content (AvgIpc) is 2.36. The van der Waals surface area contributed by atoms with Gasteiger partial charge in [0, 0.05) is 15.6 Å². The van der Waals surface area contributed by atoms with E-state index in [9.17, 15) is 4.79 Å². The molecule has 0 aromatic heterocycles. The number of carbonyl (C=O) groups is 1. The summed E-state index contributed by atoms with van der Waals surface area (Å²) >= 11 is 9.60. The van der Waals surface area contributed by atoms with Gasteiger partial charge in [-0.3, -0.25) is 4.79 Å². The second-order valence-corrected chi connectivity index (χ2v) is 6.03. The highest BCUT2D eigenvalue weighted by atomic mass is 79.9. The highest BCUT2D eigenvalue weighted by Crippen LogP contribution is 2.26.